The average Bonchev–Trinajstić information content (AvgIpc) is 2.35. The molecule has 0 aliphatic heterocycles. The molecule has 1 aromatic carbocycles. The molecule has 1 unspecified atom stereocenters. The van der Waals surface area contributed by atoms with Crippen LogP contribution in [0.15, 0.2) is 29.2 Å². The third-order valence-corrected chi connectivity index (χ3v) is 3.98. The van der Waals surface area contributed by atoms with Crippen molar-refractivity contribution in [3.8, 4) is 0 Å². The first-order valence-electron chi connectivity index (χ1n) is 5.50. The van der Waals surface area contributed by atoms with E-state index < -0.39 is 38.7 Å². The molecule has 9 heteroatoms. The van der Waals surface area contributed by atoms with Crippen LogP contribution in [0, 0.1) is 0 Å². The topological polar surface area (TPSA) is 83.5 Å². The quantitative estimate of drug-likeness (QED) is 0.869. The lowest BCUT2D eigenvalue weighted by atomic mass is 10.2. The van der Waals surface area contributed by atoms with Crippen molar-refractivity contribution in [2.24, 2.45) is 0 Å². The third-order valence-electron chi connectivity index (χ3n) is 2.50. The summed E-state index contributed by atoms with van der Waals surface area (Å²) in [7, 11) is -4.18. The molecule has 0 aliphatic carbocycles. The molecule has 1 rings (SSSR count). The second-order valence-corrected chi connectivity index (χ2v) is 5.66. The van der Waals surface area contributed by atoms with E-state index in [-0.39, 0.29) is 6.42 Å². The first kappa shape index (κ1) is 16.4. The van der Waals surface area contributed by atoms with Gasteiger partial charge in [0.15, 0.2) is 0 Å². The molecule has 0 amide bonds. The van der Waals surface area contributed by atoms with E-state index in [1.807, 2.05) is 4.72 Å². The van der Waals surface area contributed by atoms with Crippen molar-refractivity contribution >= 4 is 16.0 Å². The van der Waals surface area contributed by atoms with E-state index in [0.29, 0.717) is 12.1 Å². The minimum Gasteiger partial charge on any atom is -0.480 e. The van der Waals surface area contributed by atoms with Gasteiger partial charge in [-0.15, -0.1) is 0 Å². The number of rotatable bonds is 5. The summed E-state index contributed by atoms with van der Waals surface area (Å²) in [6, 6.07) is 1.47. The number of carboxylic acids is 1. The first-order chi connectivity index (χ1) is 9.08. The van der Waals surface area contributed by atoms with E-state index in [1.165, 1.54) is 6.92 Å². The number of aliphatic carboxylic acids is 1. The fraction of sp³-hybridized carbons (Fsp3) is 0.364. The van der Waals surface area contributed by atoms with Gasteiger partial charge in [0.25, 0.3) is 0 Å². The second-order valence-electron chi connectivity index (χ2n) is 3.94. The first-order valence-corrected chi connectivity index (χ1v) is 6.98. The summed E-state index contributed by atoms with van der Waals surface area (Å²) in [5, 5.41) is 8.76. The Balaban J connectivity index is 3.02. The van der Waals surface area contributed by atoms with Gasteiger partial charge < -0.3 is 5.11 Å². The van der Waals surface area contributed by atoms with Gasteiger partial charge in [-0.3, -0.25) is 4.79 Å². The summed E-state index contributed by atoms with van der Waals surface area (Å²) in [5.41, 5.74) is -0.985. The van der Waals surface area contributed by atoms with Gasteiger partial charge in [0, 0.05) is 0 Å². The van der Waals surface area contributed by atoms with Crippen LogP contribution in [0.4, 0.5) is 13.2 Å². The summed E-state index contributed by atoms with van der Waals surface area (Å²) in [6.45, 7) is 1.47. The van der Waals surface area contributed by atoms with Crippen LogP contribution in [0.3, 0.4) is 0 Å². The van der Waals surface area contributed by atoms with Gasteiger partial charge in [-0.1, -0.05) is 6.92 Å². The number of hydrogen-bond acceptors (Lipinski definition) is 3. The predicted octanol–water partition coefficient (Wildman–Crippen LogP) is 1.85. The number of carboxylic acid groups (broad SMARTS) is 1. The minimum absolute atomic E-state index is 0.00913. The molecule has 0 aliphatic rings. The summed E-state index contributed by atoms with van der Waals surface area (Å²) in [4.78, 5) is 10.3. The summed E-state index contributed by atoms with van der Waals surface area (Å²) in [5.74, 6) is -1.36. The van der Waals surface area contributed by atoms with Gasteiger partial charge in [0.1, 0.15) is 6.04 Å². The number of halogens is 3. The largest absolute Gasteiger partial charge is 0.480 e. The van der Waals surface area contributed by atoms with E-state index in [4.69, 9.17) is 5.11 Å². The van der Waals surface area contributed by atoms with Gasteiger partial charge >= 0.3 is 12.1 Å². The lowest BCUT2D eigenvalue weighted by molar-refractivity contribution is -0.139. The minimum atomic E-state index is -4.57. The molecule has 1 atom stereocenters. The highest BCUT2D eigenvalue weighted by molar-refractivity contribution is 7.89. The molecule has 112 valence electrons. The molecule has 2 N–H and O–H groups in total. The number of hydrogen-bond donors (Lipinski definition) is 2. The molecule has 0 heterocycles. The smallest absolute Gasteiger partial charge is 0.416 e. The maximum atomic E-state index is 12.3. The van der Waals surface area contributed by atoms with Crippen molar-refractivity contribution in [1.82, 2.24) is 4.72 Å². The maximum absolute atomic E-state index is 12.3. The van der Waals surface area contributed by atoms with Crippen molar-refractivity contribution in [3.63, 3.8) is 0 Å². The van der Waals surface area contributed by atoms with Crippen LogP contribution in [0.25, 0.3) is 0 Å². The van der Waals surface area contributed by atoms with E-state index in [2.05, 4.69) is 0 Å². The van der Waals surface area contributed by atoms with Crippen molar-refractivity contribution in [3.05, 3.63) is 29.8 Å². The van der Waals surface area contributed by atoms with Gasteiger partial charge in [0.05, 0.1) is 10.5 Å². The number of carbonyl (C=O) groups is 1. The predicted molar refractivity (Wildman–Crippen MR) is 63.5 cm³/mol. The van der Waals surface area contributed by atoms with Crippen LogP contribution < -0.4 is 4.72 Å². The molecule has 0 bridgehead atoms. The molecule has 5 nitrogen and oxygen atoms in total. The molecule has 0 radical (unpaired) electrons. The van der Waals surface area contributed by atoms with Gasteiger partial charge in [-0.2, -0.15) is 17.9 Å². The Morgan fingerprint density at radius 1 is 1.30 bits per heavy atom. The van der Waals surface area contributed by atoms with Crippen LogP contribution in [0.5, 0.6) is 0 Å². The zero-order valence-corrected chi connectivity index (χ0v) is 11.1. The lowest BCUT2D eigenvalue weighted by Crippen LogP contribution is -2.40. The summed E-state index contributed by atoms with van der Waals surface area (Å²) < 4.78 is 62.6. The molecular weight excluding hydrogens is 299 g/mol. The van der Waals surface area contributed by atoms with E-state index >= 15 is 0 Å². The number of nitrogens with one attached hydrogen (secondary N) is 1. The molecule has 20 heavy (non-hydrogen) atoms. The van der Waals surface area contributed by atoms with E-state index in [1.54, 1.807) is 0 Å². The Bertz CT molecular complexity index is 581. The highest BCUT2D eigenvalue weighted by Crippen LogP contribution is 2.29. The van der Waals surface area contributed by atoms with Crippen LogP contribution in [-0.2, 0) is 21.0 Å². The molecule has 0 saturated carbocycles. The molecule has 0 fully saturated rings. The highest BCUT2D eigenvalue weighted by atomic mass is 32.2. The Morgan fingerprint density at radius 2 is 1.80 bits per heavy atom. The van der Waals surface area contributed by atoms with Crippen LogP contribution in [0.2, 0.25) is 0 Å². The normalized spacial score (nSPS) is 14.0. The average molecular weight is 311 g/mol. The second kappa shape index (κ2) is 5.80. The standard InChI is InChI=1S/C11H12F3NO4S/c1-2-9(10(16)17)15-20(18,19)8-5-3-7(4-6-8)11(12,13)14/h3-6,9,15H,2H2,1H3,(H,16,17). The SMILES string of the molecule is CCC(NS(=O)(=O)c1ccc(C(F)(F)F)cc1)C(=O)O. The molecule has 0 spiro atoms. The Hall–Kier alpha value is -1.61. The number of alkyl halides is 3. The zero-order valence-electron chi connectivity index (χ0n) is 10.3. The van der Waals surface area contributed by atoms with E-state index in [9.17, 15) is 26.4 Å². The molecule has 0 aromatic heterocycles. The summed E-state index contributed by atoms with van der Waals surface area (Å²) in [6.07, 6.45) is -4.56. The fourth-order valence-corrected chi connectivity index (χ4v) is 2.66. The van der Waals surface area contributed by atoms with Crippen LogP contribution in [-0.4, -0.2) is 25.5 Å². The number of sulfonamides is 1. The van der Waals surface area contributed by atoms with Crippen molar-refractivity contribution < 1.29 is 31.5 Å². The summed E-state index contributed by atoms with van der Waals surface area (Å²) >= 11 is 0. The van der Waals surface area contributed by atoms with Gasteiger partial charge in [0.2, 0.25) is 10.0 Å². The van der Waals surface area contributed by atoms with Crippen molar-refractivity contribution in [2.45, 2.75) is 30.5 Å². The lowest BCUT2D eigenvalue weighted by Gasteiger charge is -2.13. The number of benzene rings is 1. The zero-order chi connectivity index (χ0) is 15.6. The molecule has 0 saturated heterocycles. The Labute approximate surface area is 113 Å². The van der Waals surface area contributed by atoms with Crippen LogP contribution >= 0.6 is 0 Å². The van der Waals surface area contributed by atoms with Crippen LogP contribution in [0.1, 0.15) is 18.9 Å². The van der Waals surface area contributed by atoms with Gasteiger partial charge in [-0.05, 0) is 30.7 Å². The monoisotopic (exact) mass is 311 g/mol. The van der Waals surface area contributed by atoms with Crippen molar-refractivity contribution in [2.75, 3.05) is 0 Å². The Kier molecular flexibility index (Phi) is 4.77. The fourth-order valence-electron chi connectivity index (χ4n) is 1.39. The third kappa shape index (κ3) is 3.94. The molecule has 1 aromatic rings. The Morgan fingerprint density at radius 3 is 2.15 bits per heavy atom. The maximum Gasteiger partial charge on any atom is 0.416 e. The highest BCUT2D eigenvalue weighted by Gasteiger charge is 2.31. The molecular formula is C11H12F3NO4S. The van der Waals surface area contributed by atoms with Crippen molar-refractivity contribution in [1.29, 1.82) is 0 Å². The van der Waals surface area contributed by atoms with Gasteiger partial charge in [-0.25, -0.2) is 8.42 Å². The van der Waals surface area contributed by atoms with E-state index in [0.717, 1.165) is 12.1 Å².